The van der Waals surface area contributed by atoms with E-state index >= 15 is 0 Å². The van der Waals surface area contributed by atoms with Crippen molar-refractivity contribution in [2.24, 2.45) is 0 Å². The Bertz CT molecular complexity index is 914. The second-order valence-electron chi connectivity index (χ2n) is 6.93. The van der Waals surface area contributed by atoms with E-state index in [1.54, 1.807) is 0 Å². The minimum Gasteiger partial charge on any atom is -0.383 e. The first-order chi connectivity index (χ1) is 13.3. The molecule has 27 heavy (non-hydrogen) atoms. The molecule has 2 N–H and O–H groups in total. The van der Waals surface area contributed by atoms with Gasteiger partial charge in [-0.25, -0.2) is 9.97 Å². The van der Waals surface area contributed by atoms with E-state index in [1.165, 1.54) is 5.56 Å². The van der Waals surface area contributed by atoms with Crippen LogP contribution >= 0.6 is 0 Å². The molecule has 2 heterocycles. The van der Waals surface area contributed by atoms with Crippen LogP contribution in [-0.2, 0) is 6.54 Å². The van der Waals surface area contributed by atoms with Crippen LogP contribution in [0.15, 0.2) is 60.7 Å². The van der Waals surface area contributed by atoms with E-state index in [-0.39, 0.29) is 0 Å². The predicted molar refractivity (Wildman–Crippen MR) is 111 cm³/mol. The van der Waals surface area contributed by atoms with Crippen LogP contribution < -0.4 is 5.73 Å². The summed E-state index contributed by atoms with van der Waals surface area (Å²) in [6.07, 6.45) is 4.44. The van der Waals surface area contributed by atoms with Crippen molar-refractivity contribution in [2.45, 2.75) is 6.54 Å². The lowest BCUT2D eigenvalue weighted by atomic mass is 10.2. The van der Waals surface area contributed by atoms with Gasteiger partial charge in [0.15, 0.2) is 0 Å². The number of aromatic nitrogens is 2. The minimum absolute atomic E-state index is 0.570. The van der Waals surface area contributed by atoms with E-state index in [4.69, 9.17) is 5.73 Å². The highest BCUT2D eigenvalue weighted by Gasteiger charge is 2.17. The Labute approximate surface area is 160 Å². The van der Waals surface area contributed by atoms with Crippen LogP contribution in [0.4, 0.5) is 5.82 Å². The topological polar surface area (TPSA) is 58.3 Å². The van der Waals surface area contributed by atoms with Gasteiger partial charge in [-0.3, -0.25) is 9.80 Å². The van der Waals surface area contributed by atoms with Crippen LogP contribution in [0.25, 0.3) is 17.0 Å². The van der Waals surface area contributed by atoms with Gasteiger partial charge in [-0.05, 0) is 17.7 Å². The van der Waals surface area contributed by atoms with Crippen LogP contribution in [0.5, 0.6) is 0 Å². The summed E-state index contributed by atoms with van der Waals surface area (Å²) in [4.78, 5) is 14.1. The summed E-state index contributed by atoms with van der Waals surface area (Å²) in [7, 11) is 0. The van der Waals surface area contributed by atoms with Gasteiger partial charge in [-0.1, -0.05) is 54.6 Å². The van der Waals surface area contributed by atoms with Gasteiger partial charge in [-0.15, -0.1) is 0 Å². The van der Waals surface area contributed by atoms with Gasteiger partial charge in [0, 0.05) is 38.1 Å². The molecule has 138 valence electrons. The van der Waals surface area contributed by atoms with Crippen molar-refractivity contribution < 1.29 is 0 Å². The zero-order valence-corrected chi connectivity index (χ0v) is 15.5. The molecule has 1 saturated heterocycles. The van der Waals surface area contributed by atoms with Crippen molar-refractivity contribution in [3.05, 3.63) is 72.1 Å². The lowest BCUT2D eigenvalue weighted by molar-refractivity contribution is 0.135. The number of benzene rings is 2. The molecule has 3 aromatic rings. The summed E-state index contributed by atoms with van der Waals surface area (Å²) >= 11 is 0. The zero-order valence-electron chi connectivity index (χ0n) is 15.5. The van der Waals surface area contributed by atoms with Crippen LogP contribution in [0, 0.1) is 0 Å². The molecule has 0 amide bonds. The van der Waals surface area contributed by atoms with Gasteiger partial charge in [0.1, 0.15) is 11.6 Å². The number of nitrogens with two attached hydrogens (primary N) is 1. The second-order valence-corrected chi connectivity index (χ2v) is 6.93. The number of hydrogen-bond donors (Lipinski definition) is 1. The van der Waals surface area contributed by atoms with Crippen molar-refractivity contribution in [3.8, 4) is 0 Å². The molecule has 0 saturated carbocycles. The smallest absolute Gasteiger partial charge is 0.145 e. The van der Waals surface area contributed by atoms with Crippen molar-refractivity contribution in [3.63, 3.8) is 0 Å². The molecule has 0 aliphatic carbocycles. The molecular formula is C22H25N5. The number of hydrogen-bond acceptors (Lipinski definition) is 5. The Kier molecular flexibility index (Phi) is 5.42. The van der Waals surface area contributed by atoms with Gasteiger partial charge < -0.3 is 5.73 Å². The van der Waals surface area contributed by atoms with Gasteiger partial charge in [0.25, 0.3) is 0 Å². The summed E-state index contributed by atoms with van der Waals surface area (Å²) in [6.45, 7) is 5.90. The maximum Gasteiger partial charge on any atom is 0.145 e. The lowest BCUT2D eigenvalue weighted by Crippen LogP contribution is -2.46. The quantitative estimate of drug-likeness (QED) is 0.759. The molecular weight excluding hydrogens is 334 g/mol. The monoisotopic (exact) mass is 359 g/mol. The maximum absolute atomic E-state index is 6.10. The van der Waals surface area contributed by atoms with Crippen molar-refractivity contribution in [2.75, 3.05) is 38.5 Å². The summed E-state index contributed by atoms with van der Waals surface area (Å²) in [5, 5.41) is 0.927. The maximum atomic E-state index is 6.10. The van der Waals surface area contributed by atoms with E-state index in [0.29, 0.717) is 5.82 Å². The third-order valence-electron chi connectivity index (χ3n) is 4.98. The molecule has 0 bridgehead atoms. The van der Waals surface area contributed by atoms with Crippen LogP contribution in [0.1, 0.15) is 11.4 Å². The van der Waals surface area contributed by atoms with Gasteiger partial charge >= 0.3 is 0 Å². The Morgan fingerprint density at radius 1 is 0.852 bits per heavy atom. The summed E-state index contributed by atoms with van der Waals surface area (Å²) < 4.78 is 0. The van der Waals surface area contributed by atoms with Crippen molar-refractivity contribution in [1.29, 1.82) is 0 Å². The molecule has 1 fully saturated rings. The fourth-order valence-corrected chi connectivity index (χ4v) is 3.45. The Morgan fingerprint density at radius 2 is 1.56 bits per heavy atom. The van der Waals surface area contributed by atoms with Gasteiger partial charge in [0.2, 0.25) is 0 Å². The Morgan fingerprint density at radius 3 is 2.37 bits per heavy atom. The molecule has 1 aromatic heterocycles. The zero-order chi connectivity index (χ0) is 18.5. The van der Waals surface area contributed by atoms with E-state index in [0.717, 1.165) is 56.0 Å². The molecule has 0 radical (unpaired) electrons. The van der Waals surface area contributed by atoms with Crippen LogP contribution in [0.2, 0.25) is 0 Å². The normalized spacial score (nSPS) is 16.3. The number of fused-ring (bicyclic) bond motifs is 1. The van der Waals surface area contributed by atoms with E-state index in [9.17, 15) is 0 Å². The highest BCUT2D eigenvalue weighted by Crippen LogP contribution is 2.18. The van der Waals surface area contributed by atoms with E-state index < -0.39 is 0 Å². The van der Waals surface area contributed by atoms with E-state index in [1.807, 2.05) is 30.3 Å². The number of para-hydroxylation sites is 1. The Hall–Kier alpha value is -2.76. The molecule has 1 aliphatic heterocycles. The van der Waals surface area contributed by atoms with Crippen LogP contribution in [-0.4, -0.2) is 52.5 Å². The number of nitrogens with zero attached hydrogens (tertiary/aromatic N) is 4. The molecule has 5 nitrogen and oxygen atoms in total. The van der Waals surface area contributed by atoms with Gasteiger partial charge in [0.05, 0.1) is 12.1 Å². The van der Waals surface area contributed by atoms with E-state index in [2.05, 4.69) is 56.2 Å². The SMILES string of the molecule is Nc1nc(CN2CCN(C/C=C/c3ccccc3)CC2)nc2ccccc12. The predicted octanol–water partition coefficient (Wildman–Crippen LogP) is 3.04. The Balaban J connectivity index is 1.30. The third kappa shape index (κ3) is 4.51. The molecule has 4 rings (SSSR count). The number of rotatable bonds is 5. The molecule has 0 unspecified atom stereocenters. The molecule has 0 atom stereocenters. The van der Waals surface area contributed by atoms with Gasteiger partial charge in [-0.2, -0.15) is 0 Å². The molecule has 2 aromatic carbocycles. The summed E-state index contributed by atoms with van der Waals surface area (Å²) in [5.74, 6) is 1.38. The first-order valence-electron chi connectivity index (χ1n) is 9.45. The van der Waals surface area contributed by atoms with Crippen molar-refractivity contribution in [1.82, 2.24) is 19.8 Å². The standard InChI is InChI=1S/C22H25N5/c23-22-19-10-4-5-11-20(19)24-21(25-22)17-27-15-13-26(14-16-27)12-6-9-18-7-2-1-3-8-18/h1-11H,12-17H2,(H2,23,24,25)/b9-6+. The molecule has 5 heteroatoms. The third-order valence-corrected chi connectivity index (χ3v) is 4.98. The molecule has 0 spiro atoms. The fourth-order valence-electron chi connectivity index (χ4n) is 3.45. The fraction of sp³-hybridized carbons (Fsp3) is 0.273. The summed E-state index contributed by atoms with van der Waals surface area (Å²) in [5.41, 5.74) is 8.27. The average Bonchev–Trinajstić information content (AvgIpc) is 2.70. The second kappa shape index (κ2) is 8.29. The number of piperazine rings is 1. The first-order valence-corrected chi connectivity index (χ1v) is 9.45. The minimum atomic E-state index is 0.570. The average molecular weight is 359 g/mol. The first kappa shape index (κ1) is 17.6. The van der Waals surface area contributed by atoms with Crippen molar-refractivity contribution >= 4 is 22.8 Å². The lowest BCUT2D eigenvalue weighted by Gasteiger charge is -2.33. The number of nitrogen functional groups attached to an aromatic ring is 1. The summed E-state index contributed by atoms with van der Waals surface area (Å²) in [6, 6.07) is 18.4. The molecule has 1 aliphatic rings. The highest BCUT2D eigenvalue weighted by molar-refractivity contribution is 5.87. The van der Waals surface area contributed by atoms with Crippen LogP contribution in [0.3, 0.4) is 0 Å². The highest BCUT2D eigenvalue weighted by atomic mass is 15.3. The largest absolute Gasteiger partial charge is 0.383 e. The number of anilines is 1.